The Labute approximate surface area is 124 Å². The molecule has 4 nitrogen and oxygen atoms in total. The minimum absolute atomic E-state index is 0.0791. The number of aromatic amines is 1. The van der Waals surface area contributed by atoms with Gasteiger partial charge >= 0.3 is 0 Å². The van der Waals surface area contributed by atoms with Crippen molar-refractivity contribution in [2.24, 2.45) is 0 Å². The molecule has 0 unspecified atom stereocenters. The second-order valence-electron chi connectivity index (χ2n) is 4.53. The molecule has 1 N–H and O–H groups in total. The van der Waals surface area contributed by atoms with Crippen LogP contribution in [0.2, 0.25) is 0 Å². The van der Waals surface area contributed by atoms with Gasteiger partial charge in [0.05, 0.1) is 16.7 Å². The van der Waals surface area contributed by atoms with E-state index >= 15 is 0 Å². The lowest BCUT2D eigenvalue weighted by Gasteiger charge is -2.04. The summed E-state index contributed by atoms with van der Waals surface area (Å²) in [6.45, 7) is 3.94. The molecule has 0 aliphatic carbocycles. The fraction of sp³-hybridized carbons (Fsp3) is 0.214. The number of hydrogen-bond donors (Lipinski definition) is 1. The van der Waals surface area contributed by atoms with Gasteiger partial charge in [0.1, 0.15) is 5.82 Å². The summed E-state index contributed by atoms with van der Waals surface area (Å²) >= 11 is 3.20. The van der Waals surface area contributed by atoms with Crippen LogP contribution in [0.4, 0.5) is 0 Å². The van der Waals surface area contributed by atoms with E-state index in [1.807, 2.05) is 31.4 Å². The topological polar surface area (TPSA) is 58.6 Å². The molecule has 0 radical (unpaired) electrons. The number of aryl methyl sites for hydroxylation is 2. The van der Waals surface area contributed by atoms with E-state index in [2.05, 4.69) is 15.0 Å². The fourth-order valence-electron chi connectivity index (χ4n) is 1.95. The first-order valence-corrected chi connectivity index (χ1v) is 8.03. The van der Waals surface area contributed by atoms with Gasteiger partial charge in [-0.15, -0.1) is 11.3 Å². The molecular weight excluding hydrogens is 290 g/mol. The Morgan fingerprint density at radius 1 is 1.30 bits per heavy atom. The predicted octanol–water partition coefficient (Wildman–Crippen LogP) is 3.29. The Kier molecular flexibility index (Phi) is 3.58. The van der Waals surface area contributed by atoms with Gasteiger partial charge in [0, 0.05) is 11.1 Å². The van der Waals surface area contributed by atoms with Crippen molar-refractivity contribution < 1.29 is 0 Å². The first-order valence-electron chi connectivity index (χ1n) is 6.17. The van der Waals surface area contributed by atoms with Gasteiger partial charge < -0.3 is 4.98 Å². The highest BCUT2D eigenvalue weighted by atomic mass is 32.2. The minimum atomic E-state index is -0.0791. The number of thioether (sulfide) groups is 1. The smallest absolute Gasteiger partial charge is 0.258 e. The number of H-pyrrole nitrogens is 1. The zero-order valence-corrected chi connectivity index (χ0v) is 12.8. The van der Waals surface area contributed by atoms with Crippen molar-refractivity contribution in [1.82, 2.24) is 15.0 Å². The van der Waals surface area contributed by atoms with Crippen LogP contribution in [0.3, 0.4) is 0 Å². The monoisotopic (exact) mass is 303 g/mol. The van der Waals surface area contributed by atoms with E-state index in [1.54, 1.807) is 29.2 Å². The van der Waals surface area contributed by atoms with Crippen LogP contribution in [0, 0.1) is 13.8 Å². The van der Waals surface area contributed by atoms with Crippen molar-refractivity contribution in [2.45, 2.75) is 23.9 Å². The first kappa shape index (κ1) is 13.3. The van der Waals surface area contributed by atoms with Crippen molar-refractivity contribution in [3.05, 3.63) is 51.0 Å². The molecule has 0 aliphatic rings. The molecule has 102 valence electrons. The Morgan fingerprint density at radius 2 is 2.15 bits per heavy atom. The highest BCUT2D eigenvalue weighted by molar-refractivity contribution is 8.00. The molecule has 0 spiro atoms. The molecular formula is C14H13N3OS2. The van der Waals surface area contributed by atoms with Gasteiger partial charge in [0.15, 0.2) is 4.34 Å². The maximum absolute atomic E-state index is 12.0. The number of nitrogens with zero attached hydrogens (tertiary/aromatic N) is 2. The molecule has 3 rings (SSSR count). The molecule has 0 saturated heterocycles. The second-order valence-corrected chi connectivity index (χ2v) is 6.61. The number of hydrogen-bond acceptors (Lipinski definition) is 5. The number of rotatable bonds is 3. The number of nitrogens with one attached hydrogen (secondary N) is 1. The zero-order chi connectivity index (χ0) is 14.1. The molecule has 6 heteroatoms. The van der Waals surface area contributed by atoms with E-state index in [1.165, 1.54) is 0 Å². The van der Waals surface area contributed by atoms with E-state index in [0.717, 1.165) is 21.1 Å². The third kappa shape index (κ3) is 2.62. The van der Waals surface area contributed by atoms with Crippen LogP contribution in [-0.2, 0) is 5.75 Å². The maximum atomic E-state index is 12.0. The summed E-state index contributed by atoms with van der Waals surface area (Å²) in [5, 5.41) is 2.66. The lowest BCUT2D eigenvalue weighted by atomic mass is 10.1. The fourth-order valence-corrected chi connectivity index (χ4v) is 3.67. The third-order valence-electron chi connectivity index (χ3n) is 2.92. The van der Waals surface area contributed by atoms with Crippen molar-refractivity contribution in [2.75, 3.05) is 0 Å². The van der Waals surface area contributed by atoms with E-state index in [9.17, 15) is 4.79 Å². The van der Waals surface area contributed by atoms with E-state index in [4.69, 9.17) is 0 Å². The average molecular weight is 303 g/mol. The van der Waals surface area contributed by atoms with Gasteiger partial charge in [0.2, 0.25) is 0 Å². The van der Waals surface area contributed by atoms with Crippen LogP contribution in [0.15, 0.2) is 32.7 Å². The molecule has 2 aromatic heterocycles. The van der Waals surface area contributed by atoms with Crippen LogP contribution in [0.5, 0.6) is 0 Å². The van der Waals surface area contributed by atoms with Gasteiger partial charge in [-0.05, 0) is 25.5 Å². The molecule has 0 saturated carbocycles. The molecule has 20 heavy (non-hydrogen) atoms. The van der Waals surface area contributed by atoms with Crippen molar-refractivity contribution in [3.63, 3.8) is 0 Å². The van der Waals surface area contributed by atoms with Crippen molar-refractivity contribution in [1.29, 1.82) is 0 Å². The number of aromatic nitrogens is 3. The Hall–Kier alpha value is -1.66. The van der Waals surface area contributed by atoms with Crippen LogP contribution in [0.1, 0.15) is 17.1 Å². The zero-order valence-electron chi connectivity index (χ0n) is 11.1. The Morgan fingerprint density at radius 3 is 2.90 bits per heavy atom. The molecule has 1 aromatic carbocycles. The summed E-state index contributed by atoms with van der Waals surface area (Å²) in [5.41, 5.74) is 2.74. The summed E-state index contributed by atoms with van der Waals surface area (Å²) < 4.78 is 0.995. The highest BCUT2D eigenvalue weighted by Gasteiger charge is 2.07. The van der Waals surface area contributed by atoms with Gasteiger partial charge in [0.25, 0.3) is 5.56 Å². The quantitative estimate of drug-likeness (QED) is 0.754. The van der Waals surface area contributed by atoms with E-state index in [-0.39, 0.29) is 5.56 Å². The first-order chi connectivity index (χ1) is 9.63. The molecule has 0 bridgehead atoms. The SMILES string of the molecule is Cc1csc(SCc2nc3c(C)cccc3c(=O)[nH]2)n1. The lowest BCUT2D eigenvalue weighted by molar-refractivity contribution is 1.03. The molecule has 0 fully saturated rings. The summed E-state index contributed by atoms with van der Waals surface area (Å²) in [7, 11) is 0. The summed E-state index contributed by atoms with van der Waals surface area (Å²) in [5.74, 6) is 1.31. The van der Waals surface area contributed by atoms with Crippen molar-refractivity contribution >= 4 is 34.0 Å². The maximum Gasteiger partial charge on any atom is 0.258 e. The largest absolute Gasteiger partial charge is 0.309 e. The molecule has 2 heterocycles. The predicted molar refractivity (Wildman–Crippen MR) is 83.5 cm³/mol. The van der Waals surface area contributed by atoms with E-state index in [0.29, 0.717) is 17.0 Å². The van der Waals surface area contributed by atoms with Crippen LogP contribution >= 0.6 is 23.1 Å². The molecule has 0 aliphatic heterocycles. The minimum Gasteiger partial charge on any atom is -0.309 e. The standard InChI is InChI=1S/C14H13N3OS2/c1-8-4-3-5-10-12(8)16-11(17-13(10)18)7-20-14-15-9(2)6-19-14/h3-6H,7H2,1-2H3,(H,16,17,18). The van der Waals surface area contributed by atoms with Gasteiger partial charge in [-0.25, -0.2) is 9.97 Å². The van der Waals surface area contributed by atoms with Crippen molar-refractivity contribution in [3.8, 4) is 0 Å². The number of thiazole rings is 1. The summed E-state index contributed by atoms with van der Waals surface area (Å²) in [6.07, 6.45) is 0. The third-order valence-corrected chi connectivity index (χ3v) is 5.07. The van der Waals surface area contributed by atoms with Gasteiger partial charge in [-0.2, -0.15) is 0 Å². The van der Waals surface area contributed by atoms with Gasteiger partial charge in [-0.1, -0.05) is 23.9 Å². The number of para-hydroxylation sites is 1. The molecule has 3 aromatic rings. The summed E-state index contributed by atoms with van der Waals surface area (Å²) in [6, 6.07) is 5.65. The molecule has 0 amide bonds. The van der Waals surface area contributed by atoms with Crippen LogP contribution < -0.4 is 5.56 Å². The summed E-state index contributed by atoms with van der Waals surface area (Å²) in [4.78, 5) is 23.8. The second kappa shape index (κ2) is 5.38. The highest BCUT2D eigenvalue weighted by Crippen LogP contribution is 2.25. The lowest BCUT2D eigenvalue weighted by Crippen LogP contribution is -2.11. The van der Waals surface area contributed by atoms with Crippen LogP contribution in [-0.4, -0.2) is 15.0 Å². The molecule has 0 atom stereocenters. The Bertz CT molecular complexity index is 823. The normalized spacial score (nSPS) is 11.1. The van der Waals surface area contributed by atoms with Crippen LogP contribution in [0.25, 0.3) is 10.9 Å². The number of fused-ring (bicyclic) bond motifs is 1. The Balaban J connectivity index is 1.92. The average Bonchev–Trinajstić information content (AvgIpc) is 2.84. The number of benzene rings is 1. The van der Waals surface area contributed by atoms with E-state index < -0.39 is 0 Å². The van der Waals surface area contributed by atoms with Gasteiger partial charge in [-0.3, -0.25) is 4.79 Å².